The molecule has 0 radical (unpaired) electrons. The van der Waals surface area contributed by atoms with Crippen LogP contribution in [0.15, 0.2) is 18.6 Å². The molecule has 1 aliphatic heterocycles. The second kappa shape index (κ2) is 5.34. The Morgan fingerprint density at radius 3 is 3.12 bits per heavy atom. The van der Waals surface area contributed by atoms with Crippen molar-refractivity contribution in [2.45, 2.75) is 31.9 Å². The Hall–Kier alpha value is -1.04. The van der Waals surface area contributed by atoms with Crippen molar-refractivity contribution in [1.82, 2.24) is 15.4 Å². The topological polar surface area (TPSA) is 73.1 Å². The van der Waals surface area contributed by atoms with E-state index in [1.54, 1.807) is 18.6 Å². The van der Waals surface area contributed by atoms with Gasteiger partial charge in [0.25, 0.3) is 0 Å². The van der Waals surface area contributed by atoms with Crippen LogP contribution in [-0.4, -0.2) is 22.7 Å². The maximum atomic E-state index is 5.68. The predicted molar refractivity (Wildman–Crippen MR) is 60.2 cm³/mol. The van der Waals surface area contributed by atoms with Gasteiger partial charge in [0, 0.05) is 24.9 Å². The maximum absolute atomic E-state index is 5.68. The molecular formula is C11H18N4O. The van der Waals surface area contributed by atoms with Gasteiger partial charge in [0.15, 0.2) is 0 Å². The van der Waals surface area contributed by atoms with Crippen molar-refractivity contribution >= 4 is 0 Å². The number of rotatable bonds is 4. The molecule has 2 heterocycles. The quantitative estimate of drug-likeness (QED) is 0.582. The van der Waals surface area contributed by atoms with Crippen molar-refractivity contribution in [2.75, 3.05) is 6.61 Å². The minimum atomic E-state index is 0.0288. The van der Waals surface area contributed by atoms with Crippen LogP contribution in [-0.2, 0) is 4.74 Å². The van der Waals surface area contributed by atoms with E-state index in [9.17, 15) is 0 Å². The highest BCUT2D eigenvalue weighted by Crippen LogP contribution is 2.33. The first-order valence-electron chi connectivity index (χ1n) is 5.70. The van der Waals surface area contributed by atoms with Gasteiger partial charge in [-0.25, -0.2) is 0 Å². The van der Waals surface area contributed by atoms with Gasteiger partial charge in [-0.1, -0.05) is 6.92 Å². The molecule has 1 aromatic heterocycles. The van der Waals surface area contributed by atoms with Crippen molar-refractivity contribution in [3.63, 3.8) is 0 Å². The number of nitrogens with two attached hydrogens (primary N) is 1. The van der Waals surface area contributed by atoms with E-state index in [1.165, 1.54) is 0 Å². The Morgan fingerprint density at radius 2 is 2.50 bits per heavy atom. The van der Waals surface area contributed by atoms with Crippen LogP contribution in [0.2, 0.25) is 0 Å². The minimum absolute atomic E-state index is 0.0288. The first-order chi connectivity index (χ1) is 7.86. The standard InChI is InChI=1S/C11H18N4O/c1-2-10-8(3-6-16-10)11(15-12)9-7-13-4-5-14-9/h4-5,7-8,10-11,15H,2-3,6,12H2,1H3. The van der Waals surface area contributed by atoms with Gasteiger partial charge in [0.1, 0.15) is 0 Å². The summed E-state index contributed by atoms with van der Waals surface area (Å²) in [6, 6.07) is 0.0288. The molecule has 1 aromatic rings. The number of hydrogen-bond donors (Lipinski definition) is 2. The summed E-state index contributed by atoms with van der Waals surface area (Å²) < 4.78 is 5.68. The van der Waals surface area contributed by atoms with Crippen LogP contribution in [0.25, 0.3) is 0 Å². The molecule has 0 saturated carbocycles. The average molecular weight is 222 g/mol. The lowest BCUT2D eigenvalue weighted by Gasteiger charge is -2.25. The van der Waals surface area contributed by atoms with E-state index < -0.39 is 0 Å². The van der Waals surface area contributed by atoms with E-state index in [0.717, 1.165) is 25.1 Å². The molecule has 0 spiro atoms. The molecule has 5 nitrogen and oxygen atoms in total. The fourth-order valence-corrected chi connectivity index (χ4v) is 2.37. The highest BCUT2D eigenvalue weighted by Gasteiger charge is 2.34. The van der Waals surface area contributed by atoms with E-state index >= 15 is 0 Å². The molecule has 5 heteroatoms. The molecule has 88 valence electrons. The van der Waals surface area contributed by atoms with Crippen molar-refractivity contribution in [1.29, 1.82) is 0 Å². The zero-order valence-electron chi connectivity index (χ0n) is 9.47. The van der Waals surface area contributed by atoms with Crippen LogP contribution in [0, 0.1) is 5.92 Å². The summed E-state index contributed by atoms with van der Waals surface area (Å²) in [5.41, 5.74) is 3.73. The Bertz CT molecular complexity index is 319. The summed E-state index contributed by atoms with van der Waals surface area (Å²) in [4.78, 5) is 8.38. The fraction of sp³-hybridized carbons (Fsp3) is 0.636. The van der Waals surface area contributed by atoms with E-state index in [-0.39, 0.29) is 12.1 Å². The lowest BCUT2D eigenvalue weighted by Crippen LogP contribution is -2.37. The van der Waals surface area contributed by atoms with E-state index in [0.29, 0.717) is 5.92 Å². The molecule has 0 amide bonds. The second-order valence-electron chi connectivity index (χ2n) is 4.04. The molecule has 3 atom stereocenters. The molecule has 3 N–H and O–H groups in total. The average Bonchev–Trinajstić information content (AvgIpc) is 2.80. The maximum Gasteiger partial charge on any atom is 0.0773 e. The molecule has 0 aliphatic carbocycles. The number of hydrogen-bond acceptors (Lipinski definition) is 5. The van der Waals surface area contributed by atoms with Gasteiger partial charge in [0.05, 0.1) is 24.0 Å². The Balaban J connectivity index is 2.16. The van der Waals surface area contributed by atoms with E-state index in [4.69, 9.17) is 10.6 Å². The summed E-state index contributed by atoms with van der Waals surface area (Å²) in [5.74, 6) is 6.01. The predicted octanol–water partition coefficient (Wildman–Crippen LogP) is 0.796. The number of aromatic nitrogens is 2. The van der Waals surface area contributed by atoms with Gasteiger partial charge in [-0.3, -0.25) is 21.2 Å². The number of nitrogens with zero attached hydrogens (tertiary/aromatic N) is 2. The number of nitrogens with one attached hydrogen (secondary N) is 1. The Kier molecular flexibility index (Phi) is 3.82. The molecule has 0 bridgehead atoms. The first kappa shape index (κ1) is 11.4. The van der Waals surface area contributed by atoms with Crippen molar-refractivity contribution in [2.24, 2.45) is 11.8 Å². The zero-order chi connectivity index (χ0) is 11.4. The van der Waals surface area contributed by atoms with Gasteiger partial charge >= 0.3 is 0 Å². The Labute approximate surface area is 95.4 Å². The third-order valence-electron chi connectivity index (χ3n) is 3.17. The molecule has 1 saturated heterocycles. The fourth-order valence-electron chi connectivity index (χ4n) is 2.37. The smallest absolute Gasteiger partial charge is 0.0773 e. The molecule has 2 rings (SSSR count). The van der Waals surface area contributed by atoms with Crippen LogP contribution in [0.4, 0.5) is 0 Å². The molecular weight excluding hydrogens is 204 g/mol. The van der Waals surface area contributed by atoms with Crippen molar-refractivity contribution in [3.05, 3.63) is 24.3 Å². The first-order valence-corrected chi connectivity index (χ1v) is 5.70. The summed E-state index contributed by atoms with van der Waals surface area (Å²) in [6.07, 6.45) is 7.40. The minimum Gasteiger partial charge on any atom is -0.378 e. The number of ether oxygens (including phenoxy) is 1. The lowest BCUT2D eigenvalue weighted by atomic mass is 9.90. The van der Waals surface area contributed by atoms with E-state index in [2.05, 4.69) is 22.3 Å². The Morgan fingerprint density at radius 1 is 1.62 bits per heavy atom. The summed E-state index contributed by atoms with van der Waals surface area (Å²) in [7, 11) is 0. The van der Waals surface area contributed by atoms with Gasteiger partial charge in [-0.15, -0.1) is 0 Å². The molecule has 3 unspecified atom stereocenters. The van der Waals surface area contributed by atoms with Crippen LogP contribution >= 0.6 is 0 Å². The largest absolute Gasteiger partial charge is 0.378 e. The van der Waals surface area contributed by atoms with Crippen molar-refractivity contribution in [3.8, 4) is 0 Å². The highest BCUT2D eigenvalue weighted by atomic mass is 16.5. The summed E-state index contributed by atoms with van der Waals surface area (Å²) >= 11 is 0. The highest BCUT2D eigenvalue weighted by molar-refractivity contribution is 5.05. The van der Waals surface area contributed by atoms with Crippen LogP contribution in [0.3, 0.4) is 0 Å². The monoisotopic (exact) mass is 222 g/mol. The molecule has 1 aliphatic rings. The third-order valence-corrected chi connectivity index (χ3v) is 3.17. The normalized spacial score (nSPS) is 26.9. The third kappa shape index (κ3) is 2.21. The molecule has 0 aromatic carbocycles. The van der Waals surface area contributed by atoms with Gasteiger partial charge in [0.2, 0.25) is 0 Å². The van der Waals surface area contributed by atoms with Crippen LogP contribution < -0.4 is 11.3 Å². The van der Waals surface area contributed by atoms with Crippen molar-refractivity contribution < 1.29 is 4.74 Å². The number of hydrazine groups is 1. The van der Waals surface area contributed by atoms with Crippen LogP contribution in [0.5, 0.6) is 0 Å². The second-order valence-corrected chi connectivity index (χ2v) is 4.04. The van der Waals surface area contributed by atoms with Gasteiger partial charge in [-0.05, 0) is 12.8 Å². The van der Waals surface area contributed by atoms with Gasteiger partial charge < -0.3 is 4.74 Å². The molecule has 1 fully saturated rings. The SMILES string of the molecule is CCC1OCCC1C(NN)c1cnccn1. The summed E-state index contributed by atoms with van der Waals surface area (Å²) in [5, 5.41) is 0. The zero-order valence-corrected chi connectivity index (χ0v) is 9.47. The van der Waals surface area contributed by atoms with Gasteiger partial charge in [-0.2, -0.15) is 0 Å². The van der Waals surface area contributed by atoms with Crippen LogP contribution in [0.1, 0.15) is 31.5 Å². The lowest BCUT2D eigenvalue weighted by molar-refractivity contribution is 0.0769. The van der Waals surface area contributed by atoms with E-state index in [1.807, 2.05) is 0 Å². The summed E-state index contributed by atoms with van der Waals surface area (Å²) in [6.45, 7) is 2.94. The molecule has 16 heavy (non-hydrogen) atoms.